The van der Waals surface area contributed by atoms with Crippen molar-refractivity contribution in [1.29, 1.82) is 5.26 Å². The summed E-state index contributed by atoms with van der Waals surface area (Å²) in [5, 5.41) is 12.3. The van der Waals surface area contributed by atoms with Gasteiger partial charge in [0.15, 0.2) is 0 Å². The number of nitrogens with one attached hydrogen (secondary N) is 1. The largest absolute Gasteiger partial charge is 0.388 e. The number of benzene rings is 1. The second kappa shape index (κ2) is 8.01. The highest BCUT2D eigenvalue weighted by Crippen LogP contribution is 2.37. The maximum absolute atomic E-state index is 8.86. The number of para-hydroxylation sites is 1. The van der Waals surface area contributed by atoms with Crippen LogP contribution in [0.5, 0.6) is 0 Å². The smallest absolute Gasteiger partial charge is 0.136 e. The summed E-state index contributed by atoms with van der Waals surface area (Å²) < 4.78 is 0. The van der Waals surface area contributed by atoms with Crippen molar-refractivity contribution in [3.63, 3.8) is 0 Å². The van der Waals surface area contributed by atoms with Crippen molar-refractivity contribution in [3.05, 3.63) is 42.6 Å². The Morgan fingerprint density at radius 2 is 1.75 bits per heavy atom. The highest BCUT2D eigenvalue weighted by Gasteiger charge is 2.35. The summed E-state index contributed by atoms with van der Waals surface area (Å²) in [7, 11) is 1.64. The molecule has 2 aliphatic rings. The van der Waals surface area contributed by atoms with Gasteiger partial charge in [-0.2, -0.15) is 5.26 Å². The zero-order chi connectivity index (χ0) is 16.8. The van der Waals surface area contributed by atoms with E-state index in [1.807, 2.05) is 6.20 Å². The number of hydrogen-bond donors (Lipinski definition) is 1. The van der Waals surface area contributed by atoms with Crippen molar-refractivity contribution in [3.8, 4) is 6.07 Å². The molecule has 3 rings (SSSR count). The lowest BCUT2D eigenvalue weighted by Gasteiger charge is -2.39. The van der Waals surface area contributed by atoms with E-state index in [0.29, 0.717) is 17.8 Å². The van der Waals surface area contributed by atoms with Gasteiger partial charge in [-0.1, -0.05) is 18.2 Å². The Bertz CT molecular complexity index is 617. The minimum Gasteiger partial charge on any atom is -0.388 e. The van der Waals surface area contributed by atoms with Gasteiger partial charge in [0, 0.05) is 30.9 Å². The summed E-state index contributed by atoms with van der Waals surface area (Å²) in [6.07, 6.45) is 11.1. The number of nitrogens with zero attached hydrogens (tertiary/aromatic N) is 3. The second-order valence-electron chi connectivity index (χ2n) is 6.70. The lowest BCUT2D eigenvalue weighted by molar-refractivity contribution is 0.350. The van der Waals surface area contributed by atoms with Crippen LogP contribution in [0.2, 0.25) is 0 Å². The Morgan fingerprint density at radius 3 is 2.29 bits per heavy atom. The van der Waals surface area contributed by atoms with Crippen LogP contribution >= 0.6 is 0 Å². The molecule has 0 aliphatic heterocycles. The van der Waals surface area contributed by atoms with Gasteiger partial charge in [-0.3, -0.25) is 4.99 Å². The van der Waals surface area contributed by atoms with Gasteiger partial charge in [-0.05, 0) is 62.9 Å². The van der Waals surface area contributed by atoms with Crippen LogP contribution in [0.3, 0.4) is 0 Å². The quantitative estimate of drug-likeness (QED) is 0.813. The molecule has 24 heavy (non-hydrogen) atoms. The monoisotopic (exact) mass is 322 g/mol. The van der Waals surface area contributed by atoms with Crippen LogP contribution in [0.1, 0.15) is 38.5 Å². The normalized spacial score (nSPS) is 24.6. The maximum Gasteiger partial charge on any atom is 0.136 e. The molecule has 2 aliphatic carbocycles. The molecule has 0 radical (unpaired) electrons. The average Bonchev–Trinajstić information content (AvgIpc) is 3.46. The van der Waals surface area contributed by atoms with E-state index in [1.54, 1.807) is 13.1 Å². The summed E-state index contributed by atoms with van der Waals surface area (Å²) in [5.41, 5.74) is 1.84. The molecule has 0 aromatic heterocycles. The molecule has 4 heteroatoms. The van der Waals surface area contributed by atoms with Gasteiger partial charge in [-0.25, -0.2) is 0 Å². The Kier molecular flexibility index (Phi) is 5.53. The van der Waals surface area contributed by atoms with Crippen molar-refractivity contribution in [1.82, 2.24) is 5.32 Å². The van der Waals surface area contributed by atoms with E-state index in [9.17, 15) is 0 Å². The van der Waals surface area contributed by atoms with E-state index in [1.165, 1.54) is 44.2 Å². The van der Waals surface area contributed by atoms with Crippen LogP contribution < -0.4 is 10.2 Å². The molecule has 126 valence electrons. The van der Waals surface area contributed by atoms with Crippen molar-refractivity contribution >= 4 is 11.4 Å². The Balaban J connectivity index is 1.54. The van der Waals surface area contributed by atoms with Crippen LogP contribution in [-0.2, 0) is 0 Å². The molecule has 0 heterocycles. The average molecular weight is 322 g/mol. The first kappa shape index (κ1) is 16.6. The van der Waals surface area contributed by atoms with Crippen molar-refractivity contribution in [2.75, 3.05) is 11.9 Å². The number of aliphatic imine (C=N–C) groups is 1. The molecular weight excluding hydrogens is 296 g/mol. The summed E-state index contributed by atoms with van der Waals surface area (Å²) in [4.78, 5) is 6.58. The summed E-state index contributed by atoms with van der Waals surface area (Å²) in [6, 6.07) is 14.9. The van der Waals surface area contributed by atoms with Gasteiger partial charge in [0.1, 0.15) is 11.8 Å². The van der Waals surface area contributed by atoms with E-state index in [4.69, 9.17) is 5.26 Å². The van der Waals surface area contributed by atoms with Gasteiger partial charge in [0.05, 0.1) is 0 Å². The Hall–Kier alpha value is -2.28. The zero-order valence-electron chi connectivity index (χ0n) is 14.4. The lowest BCUT2D eigenvalue weighted by Crippen LogP contribution is -2.42. The fraction of sp³-hybridized carbons (Fsp3) is 0.500. The first-order valence-corrected chi connectivity index (χ1v) is 8.94. The van der Waals surface area contributed by atoms with Gasteiger partial charge >= 0.3 is 0 Å². The van der Waals surface area contributed by atoms with Gasteiger partial charge in [0.25, 0.3) is 0 Å². The fourth-order valence-electron chi connectivity index (χ4n) is 3.62. The molecule has 1 aromatic rings. The summed E-state index contributed by atoms with van der Waals surface area (Å²) in [6.45, 7) is 0. The Morgan fingerprint density at radius 1 is 1.12 bits per heavy atom. The number of rotatable bonds is 6. The molecule has 2 saturated carbocycles. The molecule has 0 spiro atoms. The van der Waals surface area contributed by atoms with Crippen molar-refractivity contribution in [2.24, 2.45) is 4.99 Å². The van der Waals surface area contributed by atoms with Gasteiger partial charge < -0.3 is 10.2 Å². The van der Waals surface area contributed by atoms with E-state index < -0.39 is 0 Å². The fourth-order valence-corrected chi connectivity index (χ4v) is 3.62. The summed E-state index contributed by atoms with van der Waals surface area (Å²) >= 11 is 0. The molecule has 1 aromatic carbocycles. The third-order valence-corrected chi connectivity index (χ3v) is 5.01. The standard InChI is InChI=1S/C20H26N4/c1-22-17(15-21)13-14-23-16-7-9-19(10-8-16)24(20-11-12-20)18-5-3-2-4-6-18/h2-6,13-14,16,19-20,23H,7-12H2,1H3/b14-13-,22-17+/t16-,19-. The van der Waals surface area contributed by atoms with E-state index in [0.717, 1.165) is 6.04 Å². The Labute approximate surface area is 144 Å². The molecule has 0 saturated heterocycles. The molecule has 0 unspecified atom stereocenters. The SMILES string of the molecule is C/N=C(C#N)\C=C/N[C@H]1CC[C@H](N(c2ccccc2)C2CC2)CC1. The summed E-state index contributed by atoms with van der Waals surface area (Å²) in [5.74, 6) is 0. The minimum absolute atomic E-state index is 0.458. The molecular formula is C20H26N4. The van der Waals surface area contributed by atoms with Gasteiger partial charge in [-0.15, -0.1) is 0 Å². The molecule has 4 nitrogen and oxygen atoms in total. The highest BCUT2D eigenvalue weighted by molar-refractivity contribution is 6.06. The van der Waals surface area contributed by atoms with Crippen LogP contribution in [0.25, 0.3) is 0 Å². The number of allylic oxidation sites excluding steroid dienone is 1. The number of hydrogen-bond acceptors (Lipinski definition) is 4. The molecule has 0 atom stereocenters. The maximum atomic E-state index is 8.86. The zero-order valence-corrected chi connectivity index (χ0v) is 14.4. The topological polar surface area (TPSA) is 51.4 Å². The van der Waals surface area contributed by atoms with Crippen LogP contribution in [0.4, 0.5) is 5.69 Å². The molecule has 2 fully saturated rings. The number of anilines is 1. The highest BCUT2D eigenvalue weighted by atomic mass is 15.2. The van der Waals surface area contributed by atoms with Gasteiger partial charge in [0.2, 0.25) is 0 Å². The van der Waals surface area contributed by atoms with Crippen LogP contribution in [-0.4, -0.2) is 30.9 Å². The van der Waals surface area contributed by atoms with Crippen molar-refractivity contribution in [2.45, 2.75) is 56.7 Å². The first-order valence-electron chi connectivity index (χ1n) is 8.94. The predicted molar refractivity (Wildman–Crippen MR) is 99.2 cm³/mol. The molecule has 0 bridgehead atoms. The van der Waals surface area contributed by atoms with E-state index >= 15 is 0 Å². The first-order chi connectivity index (χ1) is 11.8. The van der Waals surface area contributed by atoms with Crippen LogP contribution in [0, 0.1) is 11.3 Å². The third-order valence-electron chi connectivity index (χ3n) is 5.01. The number of nitriles is 1. The van der Waals surface area contributed by atoms with Crippen LogP contribution in [0.15, 0.2) is 47.6 Å². The molecule has 1 N–H and O–H groups in total. The van der Waals surface area contributed by atoms with E-state index in [-0.39, 0.29) is 0 Å². The molecule has 0 amide bonds. The van der Waals surface area contributed by atoms with Crippen molar-refractivity contribution < 1.29 is 0 Å². The predicted octanol–water partition coefficient (Wildman–Crippen LogP) is 3.66. The van der Waals surface area contributed by atoms with E-state index in [2.05, 4.69) is 51.6 Å². The minimum atomic E-state index is 0.458. The third kappa shape index (κ3) is 4.17. The lowest BCUT2D eigenvalue weighted by atomic mass is 9.89. The second-order valence-corrected chi connectivity index (χ2v) is 6.70.